The Labute approximate surface area is 117 Å². The van der Waals surface area contributed by atoms with Gasteiger partial charge < -0.3 is 9.64 Å². The zero-order valence-electron chi connectivity index (χ0n) is 11.7. The van der Waals surface area contributed by atoms with Crippen LogP contribution in [0.15, 0.2) is 11.1 Å². The van der Waals surface area contributed by atoms with Gasteiger partial charge in [0, 0.05) is 24.5 Å². The molecule has 0 spiro atoms. The molecule has 0 radical (unpaired) electrons. The van der Waals surface area contributed by atoms with Crippen molar-refractivity contribution in [3.05, 3.63) is 17.5 Å². The summed E-state index contributed by atoms with van der Waals surface area (Å²) in [6.45, 7) is 6.79. The van der Waals surface area contributed by atoms with Gasteiger partial charge in [0.05, 0.1) is 13.2 Å². The van der Waals surface area contributed by atoms with Crippen molar-refractivity contribution in [3.63, 3.8) is 0 Å². The number of guanidine groups is 1. The van der Waals surface area contributed by atoms with Crippen molar-refractivity contribution < 1.29 is 9.53 Å². The van der Waals surface area contributed by atoms with E-state index in [2.05, 4.69) is 19.9 Å². The molecule has 1 amide bonds. The van der Waals surface area contributed by atoms with Crippen LogP contribution in [0, 0.1) is 13.8 Å². The van der Waals surface area contributed by atoms with E-state index in [0.717, 1.165) is 24.5 Å². The number of aliphatic imine (C=N–C) groups is 1. The van der Waals surface area contributed by atoms with E-state index in [0.29, 0.717) is 25.1 Å². The molecular weight excluding hydrogens is 258 g/mol. The number of ether oxygens (including phenoxy) is 1. The van der Waals surface area contributed by atoms with Gasteiger partial charge >= 0.3 is 0 Å². The minimum atomic E-state index is -0.158. The Morgan fingerprint density at radius 2 is 1.80 bits per heavy atom. The third kappa shape index (κ3) is 2.49. The monoisotopic (exact) mass is 275 g/mol. The van der Waals surface area contributed by atoms with Gasteiger partial charge in [0.25, 0.3) is 5.91 Å². The van der Waals surface area contributed by atoms with Crippen molar-refractivity contribution in [2.24, 2.45) is 4.99 Å². The summed E-state index contributed by atoms with van der Waals surface area (Å²) in [5, 5.41) is 0. The fraction of sp³-hybridized carbons (Fsp3) is 0.538. The molecule has 0 saturated carbocycles. The van der Waals surface area contributed by atoms with Crippen LogP contribution >= 0.6 is 0 Å². The normalized spacial score (nSPS) is 19.5. The van der Waals surface area contributed by atoms with Crippen LogP contribution in [0.3, 0.4) is 0 Å². The Balaban J connectivity index is 1.91. The average molecular weight is 275 g/mol. The van der Waals surface area contributed by atoms with Gasteiger partial charge in [-0.15, -0.1) is 0 Å². The number of aromatic nitrogens is 2. The number of morpholine rings is 1. The van der Waals surface area contributed by atoms with E-state index in [-0.39, 0.29) is 12.5 Å². The molecule has 1 aromatic rings. The second-order valence-corrected chi connectivity index (χ2v) is 4.94. The molecule has 3 rings (SSSR count). The second kappa shape index (κ2) is 5.16. The van der Waals surface area contributed by atoms with Crippen LogP contribution in [0.25, 0.3) is 0 Å². The highest BCUT2D eigenvalue weighted by atomic mass is 16.5. The van der Waals surface area contributed by atoms with Crippen LogP contribution < -0.4 is 4.90 Å². The fourth-order valence-corrected chi connectivity index (χ4v) is 2.41. The molecular formula is C13H17N5O2. The van der Waals surface area contributed by atoms with E-state index in [9.17, 15) is 4.79 Å². The number of hydrogen-bond donors (Lipinski definition) is 0. The van der Waals surface area contributed by atoms with Crippen LogP contribution in [0.5, 0.6) is 0 Å². The predicted molar refractivity (Wildman–Crippen MR) is 73.7 cm³/mol. The summed E-state index contributed by atoms with van der Waals surface area (Å²) in [4.78, 5) is 28.5. The summed E-state index contributed by atoms with van der Waals surface area (Å²) in [6, 6.07) is 1.91. The molecule has 2 aliphatic heterocycles. The van der Waals surface area contributed by atoms with Gasteiger partial charge in [0.1, 0.15) is 6.54 Å². The van der Waals surface area contributed by atoms with Crippen LogP contribution in [0.2, 0.25) is 0 Å². The van der Waals surface area contributed by atoms with Crippen LogP contribution in [0.1, 0.15) is 11.4 Å². The van der Waals surface area contributed by atoms with E-state index in [1.165, 1.54) is 0 Å². The summed E-state index contributed by atoms with van der Waals surface area (Å²) < 4.78 is 5.33. The number of rotatable bonds is 1. The third-order valence-corrected chi connectivity index (χ3v) is 3.27. The SMILES string of the molecule is Cc1cc(C)nc(N2CC(=O)N=C2N2CCOCC2)n1. The third-order valence-electron chi connectivity index (χ3n) is 3.27. The standard InChI is InChI=1S/C13H17N5O2/c1-9-7-10(2)15-12(14-9)18-8-11(19)16-13(18)17-3-5-20-6-4-17/h7H,3-6,8H2,1-2H3. The van der Waals surface area contributed by atoms with E-state index in [1.54, 1.807) is 4.90 Å². The number of carbonyl (C=O) groups excluding carboxylic acids is 1. The van der Waals surface area contributed by atoms with Crippen LogP contribution in [-0.4, -0.2) is 59.6 Å². The maximum atomic E-state index is 11.7. The Kier molecular flexibility index (Phi) is 3.35. The van der Waals surface area contributed by atoms with Crippen molar-refractivity contribution in [1.82, 2.24) is 14.9 Å². The van der Waals surface area contributed by atoms with Gasteiger partial charge in [-0.25, -0.2) is 9.97 Å². The van der Waals surface area contributed by atoms with Gasteiger partial charge in [-0.2, -0.15) is 4.99 Å². The second-order valence-electron chi connectivity index (χ2n) is 4.94. The number of hydrogen-bond acceptors (Lipinski definition) is 6. The summed E-state index contributed by atoms with van der Waals surface area (Å²) in [7, 11) is 0. The van der Waals surface area contributed by atoms with Gasteiger partial charge in [-0.3, -0.25) is 9.69 Å². The highest BCUT2D eigenvalue weighted by molar-refractivity contribution is 6.10. The number of amides is 1. The van der Waals surface area contributed by atoms with Crippen LogP contribution in [-0.2, 0) is 9.53 Å². The van der Waals surface area contributed by atoms with E-state index in [4.69, 9.17) is 4.74 Å². The molecule has 0 atom stereocenters. The molecule has 3 heterocycles. The molecule has 0 unspecified atom stereocenters. The molecule has 1 saturated heterocycles. The van der Waals surface area contributed by atoms with Crippen molar-refractivity contribution in [2.45, 2.75) is 13.8 Å². The van der Waals surface area contributed by atoms with Gasteiger partial charge in [0.2, 0.25) is 11.9 Å². The van der Waals surface area contributed by atoms with Crippen molar-refractivity contribution in [3.8, 4) is 0 Å². The average Bonchev–Trinajstić information content (AvgIpc) is 2.81. The number of anilines is 1. The molecule has 7 heteroatoms. The maximum absolute atomic E-state index is 11.7. The topological polar surface area (TPSA) is 70.9 Å². The Hall–Kier alpha value is -2.02. The first-order chi connectivity index (χ1) is 9.63. The lowest BCUT2D eigenvalue weighted by Crippen LogP contribution is -2.48. The number of nitrogens with zero attached hydrogens (tertiary/aromatic N) is 5. The molecule has 2 aliphatic rings. The first-order valence-electron chi connectivity index (χ1n) is 6.67. The molecule has 1 aromatic heterocycles. The van der Waals surface area contributed by atoms with Crippen LogP contribution in [0.4, 0.5) is 5.95 Å². The fourth-order valence-electron chi connectivity index (χ4n) is 2.41. The molecule has 0 bridgehead atoms. The van der Waals surface area contributed by atoms with Gasteiger partial charge in [0.15, 0.2) is 0 Å². The Bertz CT molecular complexity index is 546. The lowest BCUT2D eigenvalue weighted by atomic mass is 10.3. The predicted octanol–water partition coefficient (Wildman–Crippen LogP) is 0.128. The van der Waals surface area contributed by atoms with E-state index < -0.39 is 0 Å². The summed E-state index contributed by atoms with van der Waals surface area (Å²) in [6.07, 6.45) is 0. The molecule has 20 heavy (non-hydrogen) atoms. The first kappa shape index (κ1) is 13.0. The first-order valence-corrected chi connectivity index (χ1v) is 6.67. The highest BCUT2D eigenvalue weighted by Crippen LogP contribution is 2.17. The quantitative estimate of drug-likeness (QED) is 0.725. The summed E-state index contributed by atoms with van der Waals surface area (Å²) >= 11 is 0. The highest BCUT2D eigenvalue weighted by Gasteiger charge is 2.31. The molecule has 0 aromatic carbocycles. The van der Waals surface area contributed by atoms with Gasteiger partial charge in [-0.05, 0) is 19.9 Å². The van der Waals surface area contributed by atoms with E-state index in [1.807, 2.05) is 19.9 Å². The molecule has 1 fully saturated rings. The number of aryl methyl sites for hydroxylation is 2. The smallest absolute Gasteiger partial charge is 0.269 e. The molecule has 7 nitrogen and oxygen atoms in total. The summed E-state index contributed by atoms with van der Waals surface area (Å²) in [5.41, 5.74) is 1.77. The maximum Gasteiger partial charge on any atom is 0.269 e. The molecule has 0 N–H and O–H groups in total. The zero-order chi connectivity index (χ0) is 14.1. The largest absolute Gasteiger partial charge is 0.378 e. The minimum absolute atomic E-state index is 0.158. The minimum Gasteiger partial charge on any atom is -0.378 e. The lowest BCUT2D eigenvalue weighted by Gasteiger charge is -2.32. The van der Waals surface area contributed by atoms with Crippen molar-refractivity contribution in [1.29, 1.82) is 0 Å². The zero-order valence-corrected chi connectivity index (χ0v) is 11.7. The molecule has 106 valence electrons. The summed E-state index contributed by atoms with van der Waals surface area (Å²) in [5.74, 6) is 1.02. The Morgan fingerprint density at radius 3 is 2.45 bits per heavy atom. The van der Waals surface area contributed by atoms with Gasteiger partial charge in [-0.1, -0.05) is 0 Å². The number of carbonyl (C=O) groups is 1. The molecule has 0 aliphatic carbocycles. The Morgan fingerprint density at radius 1 is 1.15 bits per heavy atom. The van der Waals surface area contributed by atoms with Crippen molar-refractivity contribution >= 4 is 17.8 Å². The lowest BCUT2D eigenvalue weighted by molar-refractivity contribution is -0.115. The van der Waals surface area contributed by atoms with E-state index >= 15 is 0 Å². The van der Waals surface area contributed by atoms with Crippen molar-refractivity contribution in [2.75, 3.05) is 37.7 Å².